The third-order valence-electron chi connectivity index (χ3n) is 6.65. The van der Waals surface area contributed by atoms with E-state index >= 15 is 4.39 Å². The van der Waals surface area contributed by atoms with Crippen LogP contribution in [0.5, 0.6) is 5.75 Å². The summed E-state index contributed by atoms with van der Waals surface area (Å²) in [5, 5.41) is 7.13. The summed E-state index contributed by atoms with van der Waals surface area (Å²) in [6.07, 6.45) is 0.373. The zero-order valence-electron chi connectivity index (χ0n) is 20.1. The van der Waals surface area contributed by atoms with Crippen molar-refractivity contribution in [3.05, 3.63) is 45.7 Å². The molecule has 0 bridgehead atoms. The van der Waals surface area contributed by atoms with Gasteiger partial charge in [-0.2, -0.15) is 0 Å². The fourth-order valence-electron chi connectivity index (χ4n) is 4.86. The second-order valence-corrected chi connectivity index (χ2v) is 10.2. The molecule has 1 fully saturated rings. The molecule has 5 rings (SSSR count). The number of thiophene rings is 1. The summed E-state index contributed by atoms with van der Waals surface area (Å²) >= 11 is 1.28. The van der Waals surface area contributed by atoms with Crippen LogP contribution in [-0.4, -0.2) is 62.9 Å². The van der Waals surface area contributed by atoms with Crippen molar-refractivity contribution in [2.75, 3.05) is 50.5 Å². The van der Waals surface area contributed by atoms with Crippen LogP contribution >= 0.6 is 11.3 Å². The lowest BCUT2D eigenvalue weighted by Gasteiger charge is -2.30. The molecule has 3 aromatic rings. The number of methoxy groups -OCH3 is 1. The number of hydrogen-bond acceptors (Lipinski definition) is 8. The number of fused-ring (bicyclic) bond motifs is 2. The summed E-state index contributed by atoms with van der Waals surface area (Å²) in [7, 11) is 1.69. The van der Waals surface area contributed by atoms with Gasteiger partial charge in [-0.3, -0.25) is 4.79 Å². The third kappa shape index (κ3) is 4.65. The highest BCUT2D eigenvalue weighted by atomic mass is 32.1. The van der Waals surface area contributed by atoms with E-state index in [1.807, 2.05) is 26.0 Å². The first-order valence-electron chi connectivity index (χ1n) is 11.7. The first kappa shape index (κ1) is 23.8. The number of anilines is 2. The van der Waals surface area contributed by atoms with Crippen LogP contribution < -0.4 is 26.0 Å². The van der Waals surface area contributed by atoms with E-state index in [4.69, 9.17) is 15.2 Å². The summed E-state index contributed by atoms with van der Waals surface area (Å²) in [4.78, 5) is 20.9. The maximum absolute atomic E-state index is 15.2. The Hall–Kier alpha value is -2.95. The number of carbonyl (C=O) groups is 1. The third-order valence-corrected chi connectivity index (χ3v) is 7.75. The van der Waals surface area contributed by atoms with Crippen LogP contribution in [0.25, 0.3) is 10.2 Å². The van der Waals surface area contributed by atoms with Crippen LogP contribution in [0.2, 0.25) is 0 Å². The minimum Gasteiger partial charge on any atom is -0.491 e. The molecule has 4 N–H and O–H groups in total. The first-order valence-corrected chi connectivity index (χ1v) is 12.6. The van der Waals surface area contributed by atoms with Gasteiger partial charge >= 0.3 is 0 Å². The minimum absolute atomic E-state index is 0.0290. The summed E-state index contributed by atoms with van der Waals surface area (Å²) in [6, 6.07) is 5.02. The van der Waals surface area contributed by atoms with Gasteiger partial charge in [0.1, 0.15) is 27.9 Å². The molecule has 0 spiro atoms. The van der Waals surface area contributed by atoms with Gasteiger partial charge in [0.05, 0.1) is 17.8 Å². The average Bonchev–Trinajstić information content (AvgIpc) is 3.00. The van der Waals surface area contributed by atoms with Gasteiger partial charge in [0.15, 0.2) is 0 Å². The SMILES string of the molecule is COC1CNCCN(c2cc(F)c3c(c2)OC[C@H](NC(=O)c2sc4nc(C)cc(C)c4c2N)C3)C1. The van der Waals surface area contributed by atoms with E-state index in [0.717, 1.165) is 46.8 Å². The van der Waals surface area contributed by atoms with Crippen molar-refractivity contribution in [1.29, 1.82) is 0 Å². The van der Waals surface area contributed by atoms with Crippen LogP contribution in [0.1, 0.15) is 26.5 Å². The number of nitrogens with zero attached hydrogens (tertiary/aromatic N) is 2. The number of benzene rings is 1. The van der Waals surface area contributed by atoms with Gasteiger partial charge in [0.2, 0.25) is 0 Å². The van der Waals surface area contributed by atoms with Gasteiger partial charge in [-0.15, -0.1) is 11.3 Å². The summed E-state index contributed by atoms with van der Waals surface area (Å²) in [6.45, 7) is 7.11. The highest BCUT2D eigenvalue weighted by molar-refractivity contribution is 7.21. The number of aromatic nitrogens is 1. The number of amides is 1. The van der Waals surface area contributed by atoms with E-state index in [-0.39, 0.29) is 30.5 Å². The molecule has 1 unspecified atom stereocenters. The fraction of sp³-hybridized carbons (Fsp3) is 0.440. The van der Waals surface area contributed by atoms with E-state index in [1.165, 1.54) is 11.3 Å². The Kier molecular flexibility index (Phi) is 6.52. The zero-order valence-corrected chi connectivity index (χ0v) is 20.9. The topological polar surface area (TPSA) is 102 Å². The van der Waals surface area contributed by atoms with E-state index < -0.39 is 0 Å². The fourth-order valence-corrected chi connectivity index (χ4v) is 5.98. The second kappa shape index (κ2) is 9.60. The van der Waals surface area contributed by atoms with Gasteiger partial charge in [-0.05, 0) is 31.5 Å². The van der Waals surface area contributed by atoms with Gasteiger partial charge in [-0.1, -0.05) is 0 Å². The number of nitrogens with two attached hydrogens (primary N) is 1. The predicted octanol–water partition coefficient (Wildman–Crippen LogP) is 2.79. The summed E-state index contributed by atoms with van der Waals surface area (Å²) < 4.78 is 26.6. The summed E-state index contributed by atoms with van der Waals surface area (Å²) in [5.74, 6) is -0.105. The van der Waals surface area contributed by atoms with Crippen molar-refractivity contribution >= 4 is 38.8 Å². The molecular weight excluding hydrogens is 469 g/mol. The first-order chi connectivity index (χ1) is 16.8. The van der Waals surface area contributed by atoms with Crippen LogP contribution in [0, 0.1) is 19.7 Å². The smallest absolute Gasteiger partial charge is 0.263 e. The number of nitrogen functional groups attached to an aromatic ring is 1. The molecule has 0 saturated carbocycles. The maximum Gasteiger partial charge on any atom is 0.263 e. The number of hydrogen-bond donors (Lipinski definition) is 3. The van der Waals surface area contributed by atoms with Crippen LogP contribution in [0.4, 0.5) is 15.8 Å². The number of aryl methyl sites for hydroxylation is 2. The van der Waals surface area contributed by atoms with Gasteiger partial charge in [0.25, 0.3) is 5.91 Å². The number of rotatable bonds is 4. The van der Waals surface area contributed by atoms with E-state index in [0.29, 0.717) is 34.8 Å². The molecule has 4 heterocycles. The molecule has 1 saturated heterocycles. The second-order valence-electron chi connectivity index (χ2n) is 9.20. The van der Waals surface area contributed by atoms with Crippen molar-refractivity contribution in [3.8, 4) is 5.75 Å². The Morgan fingerprint density at radius 2 is 2.20 bits per heavy atom. The molecule has 0 radical (unpaired) electrons. The van der Waals surface area contributed by atoms with E-state index in [1.54, 1.807) is 13.2 Å². The maximum atomic E-state index is 15.2. The number of ether oxygens (including phenoxy) is 2. The lowest BCUT2D eigenvalue weighted by Crippen LogP contribution is -2.43. The molecule has 1 aromatic carbocycles. The van der Waals surface area contributed by atoms with Crippen molar-refractivity contribution < 1.29 is 18.7 Å². The van der Waals surface area contributed by atoms with Crippen LogP contribution in [0.15, 0.2) is 18.2 Å². The van der Waals surface area contributed by atoms with Crippen molar-refractivity contribution in [2.24, 2.45) is 0 Å². The van der Waals surface area contributed by atoms with Crippen molar-refractivity contribution in [2.45, 2.75) is 32.4 Å². The number of pyridine rings is 1. The Morgan fingerprint density at radius 1 is 1.37 bits per heavy atom. The summed E-state index contributed by atoms with van der Waals surface area (Å²) in [5.41, 5.74) is 9.86. The molecule has 186 valence electrons. The lowest BCUT2D eigenvalue weighted by molar-refractivity contribution is 0.0919. The quantitative estimate of drug-likeness (QED) is 0.507. The van der Waals surface area contributed by atoms with Crippen LogP contribution in [0.3, 0.4) is 0 Å². The molecule has 35 heavy (non-hydrogen) atoms. The van der Waals surface area contributed by atoms with Crippen molar-refractivity contribution in [1.82, 2.24) is 15.6 Å². The molecule has 1 amide bonds. The molecule has 2 atom stereocenters. The largest absolute Gasteiger partial charge is 0.491 e. The molecule has 2 aliphatic heterocycles. The minimum atomic E-state index is -0.365. The number of carbonyl (C=O) groups excluding carboxylic acids is 1. The van der Waals surface area contributed by atoms with E-state index in [2.05, 4.69) is 20.5 Å². The Labute approximate surface area is 207 Å². The van der Waals surface area contributed by atoms with E-state index in [9.17, 15) is 4.79 Å². The number of halogens is 1. The molecule has 0 aliphatic carbocycles. The Balaban J connectivity index is 1.33. The highest BCUT2D eigenvalue weighted by Gasteiger charge is 2.28. The van der Waals surface area contributed by atoms with Crippen molar-refractivity contribution in [3.63, 3.8) is 0 Å². The molecule has 10 heteroatoms. The van der Waals surface area contributed by atoms with Gasteiger partial charge in [-0.25, -0.2) is 9.37 Å². The highest BCUT2D eigenvalue weighted by Crippen LogP contribution is 2.36. The molecule has 2 aromatic heterocycles. The zero-order chi connectivity index (χ0) is 24.7. The Morgan fingerprint density at radius 3 is 3.00 bits per heavy atom. The standard InChI is InChI=1S/C25H30FN5O3S/c1-13-6-14(2)29-25-21(13)22(27)23(35-25)24(32)30-15-7-18-19(26)8-16(9-20(18)34-12-15)31-5-4-28-10-17(11-31)33-3/h6,8-9,15,17,28H,4-5,7,10-12,27H2,1-3H3,(H,30,32)/t15-,17?/m1/s1. The molecule has 2 aliphatic rings. The van der Waals surface area contributed by atoms with Gasteiger partial charge in [0, 0.05) is 68.1 Å². The monoisotopic (exact) mass is 499 g/mol. The van der Waals surface area contributed by atoms with Gasteiger partial charge < -0.3 is 30.7 Å². The normalized spacial score (nSPS) is 20.3. The lowest BCUT2D eigenvalue weighted by atomic mass is 10.0. The molecular formula is C25H30FN5O3S. The predicted molar refractivity (Wildman–Crippen MR) is 136 cm³/mol. The van der Waals surface area contributed by atoms with Crippen LogP contribution in [-0.2, 0) is 11.2 Å². The molecule has 8 nitrogen and oxygen atoms in total. The number of nitrogens with one attached hydrogen (secondary N) is 2. The average molecular weight is 500 g/mol. The Bertz CT molecular complexity index is 1280.